The number of urea groups is 1. The third-order valence-corrected chi connectivity index (χ3v) is 4.02. The van der Waals surface area contributed by atoms with Crippen LogP contribution in [0, 0.1) is 11.8 Å². The lowest BCUT2D eigenvalue weighted by Gasteiger charge is -2.35. The summed E-state index contributed by atoms with van der Waals surface area (Å²) in [5.41, 5.74) is 0. The standard InChI is InChI=1S/C13H21N3O4/c1-8-5-9(12(18)19)7-16(6-8)13(20)14-10-3-4-15(2)11(10)17/h8-10H,3-7H2,1-2H3,(H,14,20)(H,18,19). The van der Waals surface area contributed by atoms with E-state index in [0.29, 0.717) is 25.9 Å². The average molecular weight is 283 g/mol. The first-order valence-electron chi connectivity index (χ1n) is 6.91. The van der Waals surface area contributed by atoms with Crippen molar-refractivity contribution in [2.75, 3.05) is 26.7 Å². The van der Waals surface area contributed by atoms with Gasteiger partial charge in [0.15, 0.2) is 0 Å². The molecule has 2 aliphatic heterocycles. The number of nitrogens with one attached hydrogen (secondary N) is 1. The Hall–Kier alpha value is -1.79. The monoisotopic (exact) mass is 283 g/mol. The van der Waals surface area contributed by atoms with E-state index in [2.05, 4.69) is 5.32 Å². The van der Waals surface area contributed by atoms with Crippen LogP contribution in [-0.4, -0.2) is 65.5 Å². The number of hydrogen-bond acceptors (Lipinski definition) is 3. The number of likely N-dealkylation sites (tertiary alicyclic amines) is 2. The van der Waals surface area contributed by atoms with Crippen LogP contribution >= 0.6 is 0 Å². The molecule has 3 atom stereocenters. The largest absolute Gasteiger partial charge is 0.481 e. The fourth-order valence-electron chi connectivity index (χ4n) is 2.89. The van der Waals surface area contributed by atoms with Crippen LogP contribution in [0.1, 0.15) is 19.8 Å². The number of piperidine rings is 1. The third kappa shape index (κ3) is 3.02. The minimum absolute atomic E-state index is 0.0850. The van der Waals surface area contributed by atoms with Crippen molar-refractivity contribution in [3.8, 4) is 0 Å². The second-order valence-corrected chi connectivity index (χ2v) is 5.83. The Morgan fingerprint density at radius 3 is 2.60 bits per heavy atom. The Bertz CT molecular complexity index is 426. The summed E-state index contributed by atoms with van der Waals surface area (Å²) in [6.45, 7) is 3.32. The van der Waals surface area contributed by atoms with Crippen LogP contribution in [0.5, 0.6) is 0 Å². The summed E-state index contributed by atoms with van der Waals surface area (Å²) in [5, 5.41) is 11.8. The highest BCUT2D eigenvalue weighted by Gasteiger charge is 2.35. The van der Waals surface area contributed by atoms with Gasteiger partial charge in [0.05, 0.1) is 5.92 Å². The Labute approximate surface area is 117 Å². The zero-order valence-corrected chi connectivity index (χ0v) is 11.8. The van der Waals surface area contributed by atoms with Crippen LogP contribution in [-0.2, 0) is 9.59 Å². The SMILES string of the molecule is CC1CC(C(=O)O)CN(C(=O)NC2CCN(C)C2=O)C1. The van der Waals surface area contributed by atoms with Gasteiger partial charge in [0.25, 0.3) is 0 Å². The molecule has 0 bridgehead atoms. The molecule has 2 rings (SSSR count). The van der Waals surface area contributed by atoms with Crippen LogP contribution < -0.4 is 5.32 Å². The molecule has 20 heavy (non-hydrogen) atoms. The second-order valence-electron chi connectivity index (χ2n) is 5.83. The number of carboxylic acids is 1. The lowest BCUT2D eigenvalue weighted by Crippen LogP contribution is -2.52. The molecule has 0 aromatic carbocycles. The molecular formula is C13H21N3O4. The zero-order chi connectivity index (χ0) is 14.9. The Balaban J connectivity index is 1.95. The molecule has 0 spiro atoms. The van der Waals surface area contributed by atoms with Gasteiger partial charge < -0.3 is 20.2 Å². The minimum atomic E-state index is -0.869. The number of hydrogen-bond donors (Lipinski definition) is 2. The highest BCUT2D eigenvalue weighted by Crippen LogP contribution is 2.22. The number of rotatable bonds is 2. The molecule has 2 saturated heterocycles. The number of amides is 3. The number of carbonyl (C=O) groups is 3. The number of carbonyl (C=O) groups excluding carboxylic acids is 2. The normalized spacial score (nSPS) is 30.5. The van der Waals surface area contributed by atoms with Gasteiger partial charge in [-0.2, -0.15) is 0 Å². The summed E-state index contributed by atoms with van der Waals surface area (Å²) < 4.78 is 0. The first-order valence-corrected chi connectivity index (χ1v) is 6.91. The highest BCUT2D eigenvalue weighted by molar-refractivity contribution is 5.88. The van der Waals surface area contributed by atoms with E-state index < -0.39 is 17.9 Å². The zero-order valence-electron chi connectivity index (χ0n) is 11.8. The maximum Gasteiger partial charge on any atom is 0.318 e. The molecule has 7 heteroatoms. The Kier molecular flexibility index (Phi) is 4.15. The first kappa shape index (κ1) is 14.6. The van der Waals surface area contributed by atoms with E-state index in [4.69, 9.17) is 5.11 Å². The summed E-state index contributed by atoms with van der Waals surface area (Å²) in [4.78, 5) is 38.1. The molecule has 2 heterocycles. The van der Waals surface area contributed by atoms with E-state index in [1.165, 1.54) is 4.90 Å². The van der Waals surface area contributed by atoms with E-state index in [9.17, 15) is 14.4 Å². The molecule has 0 aromatic rings. The molecular weight excluding hydrogens is 262 g/mol. The van der Waals surface area contributed by atoms with Crippen LogP contribution in [0.2, 0.25) is 0 Å². The van der Waals surface area contributed by atoms with Crippen LogP contribution in [0.25, 0.3) is 0 Å². The van der Waals surface area contributed by atoms with Gasteiger partial charge in [0, 0.05) is 26.7 Å². The van der Waals surface area contributed by atoms with Crippen molar-refractivity contribution < 1.29 is 19.5 Å². The Morgan fingerprint density at radius 1 is 1.35 bits per heavy atom. The van der Waals surface area contributed by atoms with Gasteiger partial charge in [-0.25, -0.2) is 4.79 Å². The molecule has 7 nitrogen and oxygen atoms in total. The molecule has 3 amide bonds. The predicted molar refractivity (Wildman–Crippen MR) is 71.1 cm³/mol. The van der Waals surface area contributed by atoms with Crippen molar-refractivity contribution in [2.24, 2.45) is 11.8 Å². The van der Waals surface area contributed by atoms with Crippen molar-refractivity contribution in [1.29, 1.82) is 0 Å². The summed E-state index contributed by atoms with van der Waals surface area (Å²) in [6.07, 6.45) is 1.19. The molecule has 2 fully saturated rings. The molecule has 0 radical (unpaired) electrons. The highest BCUT2D eigenvalue weighted by atomic mass is 16.4. The maximum absolute atomic E-state index is 12.2. The number of carboxylic acid groups (broad SMARTS) is 1. The van der Waals surface area contributed by atoms with Gasteiger partial charge in [-0.1, -0.05) is 6.92 Å². The quantitative estimate of drug-likeness (QED) is 0.744. The minimum Gasteiger partial charge on any atom is -0.481 e. The van der Waals surface area contributed by atoms with Crippen LogP contribution in [0.3, 0.4) is 0 Å². The van der Waals surface area contributed by atoms with Crippen LogP contribution in [0.15, 0.2) is 0 Å². The lowest BCUT2D eigenvalue weighted by molar-refractivity contribution is -0.143. The molecule has 112 valence electrons. The van der Waals surface area contributed by atoms with Crippen molar-refractivity contribution in [2.45, 2.75) is 25.8 Å². The van der Waals surface area contributed by atoms with Crippen molar-refractivity contribution >= 4 is 17.9 Å². The molecule has 2 aliphatic rings. The maximum atomic E-state index is 12.2. The molecule has 0 saturated carbocycles. The van der Waals surface area contributed by atoms with Crippen molar-refractivity contribution in [3.63, 3.8) is 0 Å². The summed E-state index contributed by atoms with van der Waals surface area (Å²) in [7, 11) is 1.71. The fraction of sp³-hybridized carbons (Fsp3) is 0.769. The van der Waals surface area contributed by atoms with Gasteiger partial charge in [-0.15, -0.1) is 0 Å². The van der Waals surface area contributed by atoms with E-state index in [1.807, 2.05) is 6.92 Å². The third-order valence-electron chi connectivity index (χ3n) is 4.02. The molecule has 3 unspecified atom stereocenters. The number of nitrogens with zero attached hydrogens (tertiary/aromatic N) is 2. The Morgan fingerprint density at radius 2 is 2.05 bits per heavy atom. The molecule has 2 N–H and O–H groups in total. The van der Waals surface area contributed by atoms with Crippen LogP contribution in [0.4, 0.5) is 4.79 Å². The van der Waals surface area contributed by atoms with E-state index >= 15 is 0 Å². The number of likely N-dealkylation sites (N-methyl/N-ethyl adjacent to an activating group) is 1. The topological polar surface area (TPSA) is 89.9 Å². The molecule has 0 aromatic heterocycles. The summed E-state index contributed by atoms with van der Waals surface area (Å²) in [5.74, 6) is -1.33. The number of aliphatic carboxylic acids is 1. The lowest BCUT2D eigenvalue weighted by atomic mass is 9.91. The van der Waals surface area contributed by atoms with Gasteiger partial charge in [-0.3, -0.25) is 9.59 Å². The van der Waals surface area contributed by atoms with E-state index in [-0.39, 0.29) is 24.4 Å². The smallest absolute Gasteiger partial charge is 0.318 e. The first-order chi connectivity index (χ1) is 9.38. The van der Waals surface area contributed by atoms with Gasteiger partial charge >= 0.3 is 12.0 Å². The van der Waals surface area contributed by atoms with Gasteiger partial charge in [-0.05, 0) is 18.8 Å². The summed E-state index contributed by atoms with van der Waals surface area (Å²) >= 11 is 0. The predicted octanol–water partition coefficient (Wildman–Crippen LogP) is -0.0307. The van der Waals surface area contributed by atoms with Crippen molar-refractivity contribution in [3.05, 3.63) is 0 Å². The fourth-order valence-corrected chi connectivity index (χ4v) is 2.89. The van der Waals surface area contributed by atoms with Gasteiger partial charge in [0.2, 0.25) is 5.91 Å². The van der Waals surface area contributed by atoms with Gasteiger partial charge in [0.1, 0.15) is 6.04 Å². The average Bonchev–Trinajstić information content (AvgIpc) is 2.70. The van der Waals surface area contributed by atoms with Crippen molar-refractivity contribution in [1.82, 2.24) is 15.1 Å². The summed E-state index contributed by atoms with van der Waals surface area (Å²) in [6, 6.07) is -0.815. The van der Waals surface area contributed by atoms with E-state index in [1.54, 1.807) is 11.9 Å². The van der Waals surface area contributed by atoms with E-state index in [0.717, 1.165) is 0 Å². The second kappa shape index (κ2) is 5.68. The molecule has 0 aliphatic carbocycles.